The number of likely N-dealkylation sites (tertiary alicyclic amines) is 1. The smallest absolute Gasteiger partial charge is 0.233 e. The number of piperidine rings is 1. The lowest BCUT2D eigenvalue weighted by Crippen LogP contribution is -2.36. The zero-order chi connectivity index (χ0) is 25.1. The minimum Gasteiger partial charge on any atom is -0.419 e. The summed E-state index contributed by atoms with van der Waals surface area (Å²) in [6.45, 7) is 4.46. The predicted molar refractivity (Wildman–Crippen MR) is 145 cm³/mol. The molecule has 1 aliphatic heterocycles. The van der Waals surface area contributed by atoms with Crippen molar-refractivity contribution in [1.29, 1.82) is 0 Å². The van der Waals surface area contributed by atoms with Gasteiger partial charge in [-0.25, -0.2) is 8.42 Å². The molecular weight excluding hydrogens is 514 g/mol. The molecule has 1 atom stereocenters. The maximum atomic E-state index is 13.6. The van der Waals surface area contributed by atoms with E-state index < -0.39 is 9.84 Å². The second kappa shape index (κ2) is 10.8. The van der Waals surface area contributed by atoms with Crippen LogP contribution in [0.5, 0.6) is 0 Å². The zero-order valence-electron chi connectivity index (χ0n) is 20.0. The third kappa shape index (κ3) is 5.37. The number of nitrogens with one attached hydrogen (secondary N) is 1. The number of rotatable bonds is 8. The molecule has 2 aromatic carbocycles. The summed E-state index contributed by atoms with van der Waals surface area (Å²) in [4.78, 5) is 8.35. The molecule has 1 saturated heterocycles. The fourth-order valence-electron chi connectivity index (χ4n) is 4.45. The molecule has 0 bridgehead atoms. The van der Waals surface area contributed by atoms with Gasteiger partial charge in [-0.05, 0) is 80.7 Å². The van der Waals surface area contributed by atoms with Gasteiger partial charge in [0.25, 0.3) is 0 Å². The summed E-state index contributed by atoms with van der Waals surface area (Å²) >= 11 is 7.76. The summed E-state index contributed by atoms with van der Waals surface area (Å²) in [5, 5.41) is 5.86. The van der Waals surface area contributed by atoms with E-state index in [0.717, 1.165) is 31.5 Å². The molecular formula is C27H28ClN3O3S2. The molecule has 1 unspecified atom stereocenters. The highest BCUT2D eigenvalue weighted by Gasteiger charge is 2.30. The van der Waals surface area contributed by atoms with Crippen LogP contribution in [-0.4, -0.2) is 37.9 Å². The van der Waals surface area contributed by atoms with Gasteiger partial charge in [-0.15, -0.1) is 11.3 Å². The van der Waals surface area contributed by atoms with Gasteiger partial charge in [0.15, 0.2) is 0 Å². The van der Waals surface area contributed by atoms with E-state index in [9.17, 15) is 8.42 Å². The highest BCUT2D eigenvalue weighted by Crippen LogP contribution is 2.34. The number of aromatic nitrogens is 1. The number of aryl methyl sites for hydroxylation is 1. The van der Waals surface area contributed by atoms with E-state index >= 15 is 0 Å². The molecule has 9 heteroatoms. The van der Waals surface area contributed by atoms with E-state index in [4.69, 9.17) is 16.0 Å². The lowest BCUT2D eigenvalue weighted by Gasteiger charge is -2.34. The van der Waals surface area contributed by atoms with Crippen LogP contribution in [0.3, 0.4) is 0 Å². The largest absolute Gasteiger partial charge is 0.419 e. The molecule has 3 heterocycles. The van der Waals surface area contributed by atoms with Gasteiger partial charge >= 0.3 is 0 Å². The minimum atomic E-state index is -3.91. The monoisotopic (exact) mass is 541 g/mol. The third-order valence-electron chi connectivity index (χ3n) is 6.43. The normalized spacial score (nSPS) is 15.6. The van der Waals surface area contributed by atoms with Crippen LogP contribution in [0.4, 0.5) is 5.88 Å². The summed E-state index contributed by atoms with van der Waals surface area (Å²) in [6.07, 6.45) is 3.57. The molecule has 0 saturated carbocycles. The molecule has 1 aliphatic rings. The van der Waals surface area contributed by atoms with Crippen molar-refractivity contribution < 1.29 is 12.8 Å². The number of sulfone groups is 1. The lowest BCUT2D eigenvalue weighted by molar-refractivity contribution is 0.172. The van der Waals surface area contributed by atoms with Gasteiger partial charge in [0, 0.05) is 22.0 Å². The topological polar surface area (TPSA) is 75.4 Å². The van der Waals surface area contributed by atoms with Crippen molar-refractivity contribution in [3.8, 4) is 11.5 Å². The van der Waals surface area contributed by atoms with Crippen LogP contribution in [0.2, 0.25) is 5.02 Å². The van der Waals surface area contributed by atoms with E-state index in [-0.39, 0.29) is 27.7 Å². The predicted octanol–water partition coefficient (Wildman–Crippen LogP) is 6.84. The van der Waals surface area contributed by atoms with Gasteiger partial charge in [-0.2, -0.15) is 4.98 Å². The van der Waals surface area contributed by atoms with Crippen LogP contribution in [0.1, 0.15) is 35.7 Å². The van der Waals surface area contributed by atoms with E-state index in [0.29, 0.717) is 17.1 Å². The molecule has 5 rings (SSSR count). The fraction of sp³-hybridized carbons (Fsp3) is 0.296. The molecule has 0 spiro atoms. The van der Waals surface area contributed by atoms with Gasteiger partial charge in [0.05, 0.1) is 10.9 Å². The Balaban J connectivity index is 1.51. The van der Waals surface area contributed by atoms with Crippen molar-refractivity contribution in [2.75, 3.05) is 25.0 Å². The summed E-state index contributed by atoms with van der Waals surface area (Å²) in [5.41, 5.74) is 1.63. The Hall–Kier alpha value is -2.65. The Kier molecular flexibility index (Phi) is 7.48. The third-order valence-corrected chi connectivity index (χ3v) is 9.34. The van der Waals surface area contributed by atoms with E-state index in [1.165, 1.54) is 11.3 Å². The number of anilines is 1. The SMILES string of the molecule is Cc1ccc(S(=O)(=O)c2nc(-c3ccc(Cl)cc3)oc2NCC(c2cccs2)N2CCCCC2)cc1. The van der Waals surface area contributed by atoms with Gasteiger partial charge in [0.1, 0.15) is 0 Å². The maximum absolute atomic E-state index is 13.6. The molecule has 4 aromatic rings. The Morgan fingerprint density at radius 3 is 2.44 bits per heavy atom. The van der Waals surface area contributed by atoms with E-state index in [1.807, 2.05) is 6.92 Å². The highest BCUT2D eigenvalue weighted by atomic mass is 35.5. The first-order chi connectivity index (χ1) is 17.4. The van der Waals surface area contributed by atoms with Gasteiger partial charge in [-0.1, -0.05) is 41.8 Å². The van der Waals surface area contributed by atoms with Crippen LogP contribution in [-0.2, 0) is 9.84 Å². The quantitative estimate of drug-likeness (QED) is 0.263. The van der Waals surface area contributed by atoms with E-state index in [1.54, 1.807) is 59.9 Å². The van der Waals surface area contributed by atoms with Crippen molar-refractivity contribution in [3.05, 3.63) is 81.5 Å². The molecule has 1 fully saturated rings. The van der Waals surface area contributed by atoms with Crippen molar-refractivity contribution in [2.24, 2.45) is 0 Å². The number of hydrogen-bond acceptors (Lipinski definition) is 7. The van der Waals surface area contributed by atoms with Crippen LogP contribution < -0.4 is 5.32 Å². The Morgan fingerprint density at radius 2 is 1.78 bits per heavy atom. The molecule has 0 radical (unpaired) electrons. The summed E-state index contributed by atoms with van der Waals surface area (Å²) in [5.74, 6) is 0.379. The highest BCUT2D eigenvalue weighted by molar-refractivity contribution is 7.91. The summed E-state index contributed by atoms with van der Waals surface area (Å²) < 4.78 is 33.4. The van der Waals surface area contributed by atoms with Crippen LogP contribution in [0.15, 0.2) is 80.4 Å². The molecule has 188 valence electrons. The van der Waals surface area contributed by atoms with Gasteiger partial charge in [0.2, 0.25) is 26.6 Å². The first-order valence-electron chi connectivity index (χ1n) is 12.0. The van der Waals surface area contributed by atoms with Gasteiger partial charge in [-0.3, -0.25) is 4.90 Å². The average Bonchev–Trinajstić information content (AvgIpc) is 3.57. The summed E-state index contributed by atoms with van der Waals surface area (Å²) in [7, 11) is -3.91. The van der Waals surface area contributed by atoms with Crippen LogP contribution in [0.25, 0.3) is 11.5 Å². The lowest BCUT2D eigenvalue weighted by atomic mass is 10.1. The van der Waals surface area contributed by atoms with Crippen LogP contribution in [0, 0.1) is 6.92 Å². The second-order valence-electron chi connectivity index (χ2n) is 8.99. The first-order valence-corrected chi connectivity index (χ1v) is 14.8. The Morgan fingerprint density at radius 1 is 1.06 bits per heavy atom. The van der Waals surface area contributed by atoms with Crippen molar-refractivity contribution in [3.63, 3.8) is 0 Å². The fourth-order valence-corrected chi connectivity index (χ4v) is 6.72. The number of nitrogens with zero attached hydrogens (tertiary/aromatic N) is 2. The van der Waals surface area contributed by atoms with E-state index in [2.05, 4.69) is 32.7 Å². The number of oxazole rings is 1. The van der Waals surface area contributed by atoms with Crippen LogP contribution >= 0.6 is 22.9 Å². The average molecular weight is 542 g/mol. The number of benzene rings is 2. The second-order valence-corrected chi connectivity index (χ2v) is 12.3. The molecule has 36 heavy (non-hydrogen) atoms. The van der Waals surface area contributed by atoms with Crippen molar-refractivity contribution in [1.82, 2.24) is 9.88 Å². The van der Waals surface area contributed by atoms with Crippen molar-refractivity contribution >= 4 is 38.7 Å². The standard InChI is InChI=1S/C27H28ClN3O3S2/c1-19-7-13-22(14-8-19)36(32,33)27-26(34-25(30-27)20-9-11-21(28)12-10-20)29-18-23(24-6-5-17-35-24)31-15-3-2-4-16-31/h5-14,17,23,29H,2-4,15-16,18H2,1H3. The van der Waals surface area contributed by atoms with Crippen molar-refractivity contribution in [2.45, 2.75) is 42.1 Å². The van der Waals surface area contributed by atoms with Gasteiger partial charge < -0.3 is 9.73 Å². The Bertz CT molecular complexity index is 1390. The number of thiophene rings is 1. The molecule has 0 aliphatic carbocycles. The minimum absolute atomic E-state index is 0.111. The number of halogens is 1. The maximum Gasteiger partial charge on any atom is 0.233 e. The molecule has 2 aromatic heterocycles. The number of hydrogen-bond donors (Lipinski definition) is 1. The molecule has 0 amide bonds. The zero-order valence-corrected chi connectivity index (χ0v) is 22.4. The Labute approximate surface area is 220 Å². The summed E-state index contributed by atoms with van der Waals surface area (Å²) in [6, 6.07) is 18.1. The molecule has 1 N–H and O–H groups in total. The molecule has 6 nitrogen and oxygen atoms in total. The first kappa shape index (κ1) is 25.0.